The molecule has 0 amide bonds. The van der Waals surface area contributed by atoms with Crippen LogP contribution >= 0.6 is 0 Å². The Morgan fingerprint density at radius 1 is 1.31 bits per heavy atom. The van der Waals surface area contributed by atoms with Crippen LogP contribution < -0.4 is 0 Å². The topological polar surface area (TPSA) is 52.5 Å². The number of aromatic amines is 1. The summed E-state index contributed by atoms with van der Waals surface area (Å²) in [5, 5.41) is 16.0. The van der Waals surface area contributed by atoms with Crippen LogP contribution in [0.15, 0.2) is 30.5 Å². The van der Waals surface area contributed by atoms with E-state index in [0.717, 1.165) is 16.8 Å². The van der Waals surface area contributed by atoms with Crippen LogP contribution in [0.5, 0.6) is 0 Å². The Kier molecular flexibility index (Phi) is 2.00. The average molecular weight is 209 g/mol. The second-order valence-corrected chi connectivity index (χ2v) is 4.16. The molecule has 3 nitrogen and oxygen atoms in total. The van der Waals surface area contributed by atoms with E-state index in [4.69, 9.17) is 5.26 Å². The van der Waals surface area contributed by atoms with Crippen molar-refractivity contribution in [2.45, 2.75) is 18.8 Å². The molecule has 1 saturated carbocycles. The molecular weight excluding hydrogens is 198 g/mol. The number of rotatable bonds is 2. The summed E-state index contributed by atoms with van der Waals surface area (Å²) < 4.78 is 0. The van der Waals surface area contributed by atoms with Crippen molar-refractivity contribution in [3.63, 3.8) is 0 Å². The summed E-state index contributed by atoms with van der Waals surface area (Å²) in [5.41, 5.74) is 3.98. The Labute approximate surface area is 93.7 Å². The highest BCUT2D eigenvalue weighted by atomic mass is 15.1. The number of nitrogens with one attached hydrogen (secondary N) is 1. The molecule has 0 atom stereocenters. The first-order valence-electron chi connectivity index (χ1n) is 5.42. The van der Waals surface area contributed by atoms with Gasteiger partial charge in [-0.25, -0.2) is 0 Å². The molecule has 1 aliphatic rings. The second-order valence-electron chi connectivity index (χ2n) is 4.16. The zero-order chi connectivity index (χ0) is 11.0. The van der Waals surface area contributed by atoms with Gasteiger partial charge in [-0.1, -0.05) is 12.1 Å². The molecule has 0 bridgehead atoms. The number of hydrogen-bond acceptors (Lipinski definition) is 2. The van der Waals surface area contributed by atoms with Crippen molar-refractivity contribution >= 4 is 0 Å². The van der Waals surface area contributed by atoms with Crippen LogP contribution in [0, 0.1) is 11.3 Å². The van der Waals surface area contributed by atoms with E-state index in [9.17, 15) is 0 Å². The molecule has 0 radical (unpaired) electrons. The Hall–Kier alpha value is -2.08. The van der Waals surface area contributed by atoms with Crippen molar-refractivity contribution in [1.82, 2.24) is 10.2 Å². The molecule has 1 aromatic carbocycles. The van der Waals surface area contributed by atoms with Crippen LogP contribution in [0.3, 0.4) is 0 Å². The fraction of sp³-hybridized carbons (Fsp3) is 0.231. The third-order valence-electron chi connectivity index (χ3n) is 3.00. The molecule has 0 unspecified atom stereocenters. The molecule has 0 spiro atoms. The molecule has 1 N–H and O–H groups in total. The van der Waals surface area contributed by atoms with Gasteiger partial charge in [-0.2, -0.15) is 10.4 Å². The minimum atomic E-state index is 0.616. The van der Waals surface area contributed by atoms with Crippen molar-refractivity contribution < 1.29 is 0 Å². The predicted molar refractivity (Wildman–Crippen MR) is 60.7 cm³/mol. The summed E-state index contributed by atoms with van der Waals surface area (Å²) in [7, 11) is 0. The highest BCUT2D eigenvalue weighted by molar-refractivity contribution is 5.63. The number of hydrogen-bond donors (Lipinski definition) is 1. The largest absolute Gasteiger partial charge is 0.278 e. The third kappa shape index (κ3) is 1.49. The maximum atomic E-state index is 9.14. The molecule has 78 valence electrons. The smallest absolute Gasteiger partial charge is 0.0994 e. The summed E-state index contributed by atoms with van der Waals surface area (Å²) in [6.07, 6.45) is 4.16. The van der Waals surface area contributed by atoms with Gasteiger partial charge >= 0.3 is 0 Å². The molecular formula is C13H11N3. The van der Waals surface area contributed by atoms with E-state index in [2.05, 4.69) is 28.4 Å². The first-order valence-corrected chi connectivity index (χ1v) is 5.42. The Bertz CT molecular complexity index is 545. The van der Waals surface area contributed by atoms with Crippen molar-refractivity contribution in [3.8, 4) is 17.3 Å². The van der Waals surface area contributed by atoms with E-state index >= 15 is 0 Å². The molecule has 3 rings (SSSR count). The molecule has 1 fully saturated rings. The van der Waals surface area contributed by atoms with Crippen molar-refractivity contribution in [1.29, 1.82) is 5.26 Å². The number of benzene rings is 1. The summed E-state index contributed by atoms with van der Waals surface area (Å²) in [5.74, 6) is 0.616. The van der Waals surface area contributed by atoms with Gasteiger partial charge in [-0.05, 0) is 36.5 Å². The summed E-state index contributed by atoms with van der Waals surface area (Å²) in [6, 6.07) is 10.3. The molecule has 0 aliphatic heterocycles. The maximum Gasteiger partial charge on any atom is 0.0994 e. The molecule has 0 saturated heterocycles. The standard InChI is InChI=1S/C13H11N3/c14-8-11-7-10(13-5-6-15-16-13)3-4-12(11)9-1-2-9/h3-7,9H,1-2H2,(H,15,16). The minimum absolute atomic E-state index is 0.616. The van der Waals surface area contributed by atoms with Crippen molar-refractivity contribution in [2.75, 3.05) is 0 Å². The first kappa shape index (κ1) is 9.17. The predicted octanol–water partition coefficient (Wildman–Crippen LogP) is 2.83. The Morgan fingerprint density at radius 2 is 2.19 bits per heavy atom. The molecule has 1 aromatic heterocycles. The van der Waals surface area contributed by atoms with Gasteiger partial charge < -0.3 is 0 Å². The van der Waals surface area contributed by atoms with Crippen molar-refractivity contribution in [3.05, 3.63) is 41.6 Å². The average Bonchev–Trinajstić information content (AvgIpc) is 3.03. The van der Waals surface area contributed by atoms with E-state index in [-0.39, 0.29) is 0 Å². The lowest BCUT2D eigenvalue weighted by molar-refractivity contribution is 1.09. The lowest BCUT2D eigenvalue weighted by Gasteiger charge is -2.04. The van der Waals surface area contributed by atoms with Gasteiger partial charge in [0.05, 0.1) is 17.3 Å². The Balaban J connectivity index is 2.07. The maximum absolute atomic E-state index is 9.14. The van der Waals surface area contributed by atoms with Crippen molar-refractivity contribution in [2.24, 2.45) is 0 Å². The monoisotopic (exact) mass is 209 g/mol. The van der Waals surface area contributed by atoms with Gasteiger partial charge in [0, 0.05) is 11.8 Å². The number of aromatic nitrogens is 2. The lowest BCUT2D eigenvalue weighted by atomic mass is 10.00. The highest BCUT2D eigenvalue weighted by Crippen LogP contribution is 2.42. The SMILES string of the molecule is N#Cc1cc(-c2ccn[nH]2)ccc1C1CC1. The van der Waals surface area contributed by atoms with Crippen LogP contribution in [0.25, 0.3) is 11.3 Å². The molecule has 16 heavy (non-hydrogen) atoms. The first-order chi connectivity index (χ1) is 7.88. The molecule has 1 aliphatic carbocycles. The summed E-state index contributed by atoms with van der Waals surface area (Å²) >= 11 is 0. The number of nitrogens with zero attached hydrogens (tertiary/aromatic N) is 2. The lowest BCUT2D eigenvalue weighted by Crippen LogP contribution is -1.88. The van der Waals surface area contributed by atoms with Crippen LogP contribution in [-0.2, 0) is 0 Å². The van der Waals surface area contributed by atoms with Crippen LogP contribution in [-0.4, -0.2) is 10.2 Å². The highest BCUT2D eigenvalue weighted by Gasteiger charge is 2.26. The van der Waals surface area contributed by atoms with E-state index in [1.807, 2.05) is 12.1 Å². The molecule has 1 heterocycles. The molecule has 2 aromatic rings. The van der Waals surface area contributed by atoms with Crippen LogP contribution in [0.4, 0.5) is 0 Å². The third-order valence-corrected chi connectivity index (χ3v) is 3.00. The van der Waals surface area contributed by atoms with Crippen LogP contribution in [0.1, 0.15) is 29.9 Å². The van der Waals surface area contributed by atoms with Gasteiger partial charge in [-0.15, -0.1) is 0 Å². The zero-order valence-electron chi connectivity index (χ0n) is 8.77. The quantitative estimate of drug-likeness (QED) is 0.826. The van der Waals surface area contributed by atoms with E-state index < -0.39 is 0 Å². The number of nitriles is 1. The van der Waals surface area contributed by atoms with E-state index in [1.165, 1.54) is 18.4 Å². The summed E-state index contributed by atoms with van der Waals surface area (Å²) in [6.45, 7) is 0. The fourth-order valence-corrected chi connectivity index (χ4v) is 1.99. The van der Waals surface area contributed by atoms with Gasteiger partial charge in [-0.3, -0.25) is 5.10 Å². The molecule has 3 heteroatoms. The van der Waals surface area contributed by atoms with E-state index in [0.29, 0.717) is 5.92 Å². The van der Waals surface area contributed by atoms with Gasteiger partial charge in [0.1, 0.15) is 0 Å². The Morgan fingerprint density at radius 3 is 2.81 bits per heavy atom. The fourth-order valence-electron chi connectivity index (χ4n) is 1.99. The van der Waals surface area contributed by atoms with E-state index in [1.54, 1.807) is 6.20 Å². The second kappa shape index (κ2) is 3.49. The van der Waals surface area contributed by atoms with Crippen LogP contribution in [0.2, 0.25) is 0 Å². The zero-order valence-corrected chi connectivity index (χ0v) is 8.77. The summed E-state index contributed by atoms with van der Waals surface area (Å²) in [4.78, 5) is 0. The minimum Gasteiger partial charge on any atom is -0.278 e. The van der Waals surface area contributed by atoms with Gasteiger partial charge in [0.2, 0.25) is 0 Å². The normalized spacial score (nSPS) is 14.7. The van der Waals surface area contributed by atoms with Gasteiger partial charge in [0.15, 0.2) is 0 Å². The number of H-pyrrole nitrogens is 1. The van der Waals surface area contributed by atoms with Gasteiger partial charge in [0.25, 0.3) is 0 Å².